The summed E-state index contributed by atoms with van der Waals surface area (Å²) in [4.78, 5) is 12.9. The number of nitrogens with one attached hydrogen (secondary N) is 1. The molecule has 1 aliphatic rings. The molecule has 0 radical (unpaired) electrons. The van der Waals surface area contributed by atoms with Gasteiger partial charge in [0.2, 0.25) is 15.9 Å². The molecule has 1 saturated heterocycles. The van der Waals surface area contributed by atoms with Crippen molar-refractivity contribution in [2.24, 2.45) is 5.92 Å². The standard InChI is InChI=1S/C23H32N2O4S/c1-17(2)19-7-10-22(11-8-19)30(27,28)25-14-12-20(13-15-25)23(26)24-18(3)6-9-21-5-4-16-29-21/h4-5,7-8,10-11,16-18,20H,6,9,12-15H2,1-3H3,(H,24,26). The van der Waals surface area contributed by atoms with Gasteiger partial charge in [-0.2, -0.15) is 4.31 Å². The van der Waals surface area contributed by atoms with Gasteiger partial charge in [0, 0.05) is 31.5 Å². The lowest BCUT2D eigenvalue weighted by Crippen LogP contribution is -2.44. The van der Waals surface area contributed by atoms with E-state index in [-0.39, 0.29) is 17.9 Å². The van der Waals surface area contributed by atoms with E-state index in [0.717, 1.165) is 24.2 Å². The second kappa shape index (κ2) is 9.79. The predicted molar refractivity (Wildman–Crippen MR) is 117 cm³/mol. The lowest BCUT2D eigenvalue weighted by molar-refractivity contribution is -0.126. The molecule has 7 heteroatoms. The lowest BCUT2D eigenvalue weighted by atomic mass is 9.96. The normalized spacial score (nSPS) is 17.2. The molecule has 1 N–H and O–H groups in total. The van der Waals surface area contributed by atoms with Gasteiger partial charge in [-0.15, -0.1) is 0 Å². The van der Waals surface area contributed by atoms with E-state index in [1.54, 1.807) is 18.4 Å². The van der Waals surface area contributed by atoms with Crippen molar-refractivity contribution in [3.05, 3.63) is 54.0 Å². The van der Waals surface area contributed by atoms with Crippen molar-refractivity contribution in [2.75, 3.05) is 13.1 Å². The van der Waals surface area contributed by atoms with Crippen LogP contribution in [-0.2, 0) is 21.2 Å². The average Bonchev–Trinajstić information content (AvgIpc) is 3.26. The molecule has 1 fully saturated rings. The fraction of sp³-hybridized carbons (Fsp3) is 0.522. The number of rotatable bonds is 8. The van der Waals surface area contributed by atoms with Gasteiger partial charge in [-0.05, 0) is 61.9 Å². The highest BCUT2D eigenvalue weighted by Crippen LogP contribution is 2.25. The maximum absolute atomic E-state index is 12.9. The molecule has 0 bridgehead atoms. The molecule has 2 heterocycles. The number of carbonyl (C=O) groups is 1. The number of benzene rings is 1. The van der Waals surface area contributed by atoms with Gasteiger partial charge >= 0.3 is 0 Å². The van der Waals surface area contributed by atoms with Crippen LogP contribution in [-0.4, -0.2) is 37.8 Å². The monoisotopic (exact) mass is 432 g/mol. The Balaban J connectivity index is 1.50. The van der Waals surface area contributed by atoms with Gasteiger partial charge in [0.25, 0.3) is 0 Å². The van der Waals surface area contributed by atoms with Crippen molar-refractivity contribution in [2.45, 2.75) is 63.3 Å². The Bertz CT molecular complexity index is 913. The van der Waals surface area contributed by atoms with E-state index in [1.165, 1.54) is 4.31 Å². The molecule has 1 unspecified atom stereocenters. The third kappa shape index (κ3) is 5.52. The molecule has 2 aromatic rings. The summed E-state index contributed by atoms with van der Waals surface area (Å²) in [6.07, 6.45) is 4.32. The zero-order chi connectivity index (χ0) is 21.7. The van der Waals surface area contributed by atoms with E-state index >= 15 is 0 Å². The third-order valence-corrected chi connectivity index (χ3v) is 7.71. The molecule has 0 saturated carbocycles. The molecule has 3 rings (SSSR count). The van der Waals surface area contributed by atoms with Crippen LogP contribution in [0.5, 0.6) is 0 Å². The minimum Gasteiger partial charge on any atom is -0.469 e. The third-order valence-electron chi connectivity index (χ3n) is 5.80. The van der Waals surface area contributed by atoms with E-state index in [4.69, 9.17) is 4.42 Å². The SMILES string of the molecule is CC(CCc1ccco1)NC(=O)C1CCN(S(=O)(=O)c2ccc(C(C)C)cc2)CC1. The Morgan fingerprint density at radius 3 is 2.37 bits per heavy atom. The van der Waals surface area contributed by atoms with Crippen molar-refractivity contribution in [1.82, 2.24) is 9.62 Å². The predicted octanol–water partition coefficient (Wildman–Crippen LogP) is 3.94. The van der Waals surface area contributed by atoms with Gasteiger partial charge in [0.1, 0.15) is 5.76 Å². The Morgan fingerprint density at radius 1 is 1.13 bits per heavy atom. The maximum atomic E-state index is 12.9. The van der Waals surface area contributed by atoms with E-state index in [1.807, 2.05) is 31.2 Å². The van der Waals surface area contributed by atoms with Crippen LogP contribution in [0.15, 0.2) is 52.0 Å². The lowest BCUT2D eigenvalue weighted by Gasteiger charge is -2.31. The molecule has 1 aromatic carbocycles. The molecular weight excluding hydrogens is 400 g/mol. The number of amides is 1. The zero-order valence-corrected chi connectivity index (χ0v) is 18.8. The number of sulfonamides is 1. The fourth-order valence-corrected chi connectivity index (χ4v) is 5.25. The van der Waals surface area contributed by atoms with Crippen LogP contribution < -0.4 is 5.32 Å². The minimum atomic E-state index is -3.52. The van der Waals surface area contributed by atoms with Crippen LogP contribution in [0.1, 0.15) is 57.3 Å². The summed E-state index contributed by atoms with van der Waals surface area (Å²) in [7, 11) is -3.52. The van der Waals surface area contributed by atoms with Crippen LogP contribution in [0.3, 0.4) is 0 Å². The van der Waals surface area contributed by atoms with Crippen molar-refractivity contribution in [3.63, 3.8) is 0 Å². The first kappa shape index (κ1) is 22.6. The fourth-order valence-electron chi connectivity index (χ4n) is 3.78. The highest BCUT2D eigenvalue weighted by atomic mass is 32.2. The Hall–Kier alpha value is -2.12. The summed E-state index contributed by atoms with van der Waals surface area (Å²) in [5, 5.41) is 3.07. The summed E-state index contributed by atoms with van der Waals surface area (Å²) in [5.74, 6) is 1.14. The topological polar surface area (TPSA) is 79.6 Å². The van der Waals surface area contributed by atoms with Crippen molar-refractivity contribution >= 4 is 15.9 Å². The summed E-state index contributed by atoms with van der Waals surface area (Å²) in [5.41, 5.74) is 1.12. The average molecular weight is 433 g/mol. The van der Waals surface area contributed by atoms with Gasteiger partial charge < -0.3 is 9.73 Å². The molecule has 6 nitrogen and oxygen atoms in total. The highest BCUT2D eigenvalue weighted by Gasteiger charge is 2.32. The van der Waals surface area contributed by atoms with Crippen molar-refractivity contribution < 1.29 is 17.6 Å². The molecule has 1 aromatic heterocycles. The molecular formula is C23H32N2O4S. The van der Waals surface area contributed by atoms with Gasteiger partial charge in [-0.25, -0.2) is 8.42 Å². The largest absolute Gasteiger partial charge is 0.469 e. The second-order valence-corrected chi connectivity index (χ2v) is 10.4. The number of aryl methyl sites for hydroxylation is 1. The number of carbonyl (C=O) groups excluding carboxylic acids is 1. The first-order valence-electron chi connectivity index (χ1n) is 10.7. The summed E-state index contributed by atoms with van der Waals surface area (Å²) >= 11 is 0. The molecule has 0 spiro atoms. The molecule has 164 valence electrons. The Labute approximate surface area is 179 Å². The van der Waals surface area contributed by atoms with Crippen LogP contribution in [0.25, 0.3) is 0 Å². The van der Waals surface area contributed by atoms with E-state index in [9.17, 15) is 13.2 Å². The molecule has 1 aliphatic heterocycles. The van der Waals surface area contributed by atoms with Gasteiger partial charge in [0.05, 0.1) is 11.2 Å². The number of hydrogen-bond acceptors (Lipinski definition) is 4. The van der Waals surface area contributed by atoms with Crippen LogP contribution >= 0.6 is 0 Å². The number of piperidine rings is 1. The molecule has 1 atom stereocenters. The van der Waals surface area contributed by atoms with Gasteiger partial charge in [-0.3, -0.25) is 4.79 Å². The van der Waals surface area contributed by atoms with E-state index in [0.29, 0.717) is 36.7 Å². The summed E-state index contributed by atoms with van der Waals surface area (Å²) in [6.45, 7) is 6.88. The quantitative estimate of drug-likeness (QED) is 0.685. The van der Waals surface area contributed by atoms with Crippen LogP contribution in [0, 0.1) is 5.92 Å². The summed E-state index contributed by atoms with van der Waals surface area (Å²) in [6, 6.07) is 11.0. The smallest absolute Gasteiger partial charge is 0.243 e. The first-order valence-corrected chi connectivity index (χ1v) is 12.1. The summed E-state index contributed by atoms with van der Waals surface area (Å²) < 4.78 is 32.7. The van der Waals surface area contributed by atoms with Gasteiger partial charge in [-0.1, -0.05) is 26.0 Å². The second-order valence-electron chi connectivity index (χ2n) is 8.43. The molecule has 1 amide bonds. The number of hydrogen-bond donors (Lipinski definition) is 1. The van der Waals surface area contributed by atoms with Crippen LogP contribution in [0.4, 0.5) is 0 Å². The molecule has 0 aliphatic carbocycles. The molecule has 30 heavy (non-hydrogen) atoms. The Kier molecular flexibility index (Phi) is 7.36. The maximum Gasteiger partial charge on any atom is 0.243 e. The number of furan rings is 1. The number of nitrogens with zero attached hydrogens (tertiary/aromatic N) is 1. The highest BCUT2D eigenvalue weighted by molar-refractivity contribution is 7.89. The van der Waals surface area contributed by atoms with Crippen LogP contribution in [0.2, 0.25) is 0 Å². The van der Waals surface area contributed by atoms with E-state index in [2.05, 4.69) is 19.2 Å². The van der Waals surface area contributed by atoms with Crippen molar-refractivity contribution in [3.8, 4) is 0 Å². The van der Waals surface area contributed by atoms with Gasteiger partial charge in [0.15, 0.2) is 0 Å². The van der Waals surface area contributed by atoms with E-state index < -0.39 is 10.0 Å². The Morgan fingerprint density at radius 2 is 1.80 bits per heavy atom. The first-order chi connectivity index (χ1) is 14.3. The zero-order valence-electron chi connectivity index (χ0n) is 18.0. The minimum absolute atomic E-state index is 0.0141. The van der Waals surface area contributed by atoms with Crippen molar-refractivity contribution in [1.29, 1.82) is 0 Å².